The van der Waals surface area contributed by atoms with E-state index in [9.17, 15) is 14.4 Å². The Kier molecular flexibility index (Phi) is 5.64. The highest BCUT2D eigenvalue weighted by Gasteiger charge is 2.59. The van der Waals surface area contributed by atoms with E-state index in [0.717, 1.165) is 11.4 Å². The maximum absolute atomic E-state index is 12.7. The fourth-order valence-electron chi connectivity index (χ4n) is 4.38. The molecule has 0 N–H and O–H groups in total. The van der Waals surface area contributed by atoms with Crippen LogP contribution in [0.4, 0.5) is 0 Å². The molecular weight excluding hydrogens is 456 g/mol. The number of nitrogens with zero attached hydrogens (tertiary/aromatic N) is 2. The Hall–Kier alpha value is -2.68. The Labute approximate surface area is 182 Å². The van der Waals surface area contributed by atoms with Gasteiger partial charge in [-0.2, -0.15) is 10.1 Å². The van der Waals surface area contributed by atoms with E-state index in [1.54, 1.807) is 12.1 Å². The number of imide groups is 1. The SMILES string of the molecule is CCOc1cc(C=NN2C(=O)[C@@H]3[C@H](C2=O)[C@H]2C=C[C@H]3C2)cc(Br)c1OCC(=O)OC. The van der Waals surface area contributed by atoms with Gasteiger partial charge in [-0.15, -0.1) is 0 Å². The first kappa shape index (κ1) is 20.6. The number of esters is 1. The molecule has 2 bridgehead atoms. The molecule has 0 aromatic heterocycles. The number of fused-ring (bicyclic) bond motifs is 5. The van der Waals surface area contributed by atoms with Crippen LogP contribution in [-0.4, -0.2) is 49.3 Å². The van der Waals surface area contributed by atoms with Crippen LogP contribution in [0.2, 0.25) is 0 Å². The number of amides is 2. The van der Waals surface area contributed by atoms with Crippen LogP contribution in [0.15, 0.2) is 33.9 Å². The molecular formula is C21H21BrN2O6. The van der Waals surface area contributed by atoms with Crippen LogP contribution in [-0.2, 0) is 19.1 Å². The van der Waals surface area contributed by atoms with E-state index < -0.39 is 5.97 Å². The third-order valence-electron chi connectivity index (χ3n) is 5.66. The van der Waals surface area contributed by atoms with Crippen molar-refractivity contribution in [1.29, 1.82) is 0 Å². The molecule has 1 heterocycles. The lowest BCUT2D eigenvalue weighted by Gasteiger charge is -2.14. The first-order chi connectivity index (χ1) is 14.4. The van der Waals surface area contributed by atoms with Crippen molar-refractivity contribution in [3.8, 4) is 11.5 Å². The summed E-state index contributed by atoms with van der Waals surface area (Å²) in [6, 6.07) is 3.37. The van der Waals surface area contributed by atoms with Crippen molar-refractivity contribution in [3.05, 3.63) is 34.3 Å². The van der Waals surface area contributed by atoms with Crippen LogP contribution < -0.4 is 9.47 Å². The predicted octanol–water partition coefficient (Wildman–Crippen LogP) is 2.54. The quantitative estimate of drug-likeness (QED) is 0.259. The van der Waals surface area contributed by atoms with Gasteiger partial charge in [-0.3, -0.25) is 9.59 Å². The Morgan fingerprint density at radius 3 is 2.47 bits per heavy atom. The molecule has 1 aliphatic heterocycles. The molecule has 3 aliphatic rings. The molecule has 1 aromatic carbocycles. The van der Waals surface area contributed by atoms with E-state index in [1.165, 1.54) is 13.3 Å². The number of halogens is 1. The molecule has 9 heteroatoms. The molecule has 4 atom stereocenters. The van der Waals surface area contributed by atoms with Gasteiger partial charge in [0.2, 0.25) is 0 Å². The molecule has 2 amide bonds. The van der Waals surface area contributed by atoms with Crippen LogP contribution in [0.5, 0.6) is 11.5 Å². The number of methoxy groups -OCH3 is 1. The molecule has 1 aromatic rings. The summed E-state index contributed by atoms with van der Waals surface area (Å²) in [7, 11) is 1.28. The second-order valence-corrected chi connectivity index (χ2v) is 8.21. The smallest absolute Gasteiger partial charge is 0.343 e. The van der Waals surface area contributed by atoms with Gasteiger partial charge in [-0.1, -0.05) is 12.2 Å². The second kappa shape index (κ2) is 8.22. The van der Waals surface area contributed by atoms with Gasteiger partial charge < -0.3 is 14.2 Å². The number of benzene rings is 1. The van der Waals surface area contributed by atoms with Crippen molar-refractivity contribution in [2.45, 2.75) is 13.3 Å². The largest absolute Gasteiger partial charge is 0.490 e. The van der Waals surface area contributed by atoms with Gasteiger partial charge in [0.1, 0.15) is 0 Å². The average molecular weight is 477 g/mol. The first-order valence-electron chi connectivity index (χ1n) is 9.70. The lowest BCUT2D eigenvalue weighted by molar-refractivity contribution is -0.143. The zero-order valence-electron chi connectivity index (χ0n) is 16.5. The van der Waals surface area contributed by atoms with Gasteiger partial charge in [-0.25, -0.2) is 4.79 Å². The van der Waals surface area contributed by atoms with Crippen molar-refractivity contribution in [2.24, 2.45) is 28.8 Å². The summed E-state index contributed by atoms with van der Waals surface area (Å²) in [5.74, 6) is -0.534. The Bertz CT molecular complexity index is 929. The normalized spacial score (nSPS) is 26.6. The number of hydrazone groups is 1. The van der Waals surface area contributed by atoms with Crippen molar-refractivity contribution in [3.63, 3.8) is 0 Å². The zero-order valence-corrected chi connectivity index (χ0v) is 18.1. The summed E-state index contributed by atoms with van der Waals surface area (Å²) in [4.78, 5) is 36.9. The highest BCUT2D eigenvalue weighted by Crippen LogP contribution is 2.52. The third-order valence-corrected chi connectivity index (χ3v) is 6.25. The maximum Gasteiger partial charge on any atom is 0.343 e. The molecule has 30 heavy (non-hydrogen) atoms. The van der Waals surface area contributed by atoms with Crippen molar-refractivity contribution < 1.29 is 28.6 Å². The summed E-state index contributed by atoms with van der Waals surface area (Å²) in [6.07, 6.45) is 6.41. The minimum Gasteiger partial charge on any atom is -0.490 e. The topological polar surface area (TPSA) is 94.5 Å². The van der Waals surface area contributed by atoms with E-state index in [-0.39, 0.29) is 42.1 Å². The monoisotopic (exact) mass is 476 g/mol. The lowest BCUT2D eigenvalue weighted by atomic mass is 9.85. The molecule has 1 saturated carbocycles. The summed E-state index contributed by atoms with van der Waals surface area (Å²) < 4.78 is 16.2. The minimum absolute atomic E-state index is 0.140. The van der Waals surface area contributed by atoms with E-state index in [2.05, 4.69) is 25.8 Å². The number of hydrogen-bond donors (Lipinski definition) is 0. The number of allylic oxidation sites excluding steroid dienone is 2. The highest BCUT2D eigenvalue weighted by molar-refractivity contribution is 9.10. The van der Waals surface area contributed by atoms with Gasteiger partial charge in [0, 0.05) is 0 Å². The highest BCUT2D eigenvalue weighted by atomic mass is 79.9. The van der Waals surface area contributed by atoms with E-state index >= 15 is 0 Å². The number of carbonyl (C=O) groups excluding carboxylic acids is 3. The minimum atomic E-state index is -0.518. The van der Waals surface area contributed by atoms with Crippen LogP contribution >= 0.6 is 15.9 Å². The summed E-state index contributed by atoms with van der Waals surface area (Å²) in [6.45, 7) is 1.93. The predicted molar refractivity (Wildman–Crippen MR) is 110 cm³/mol. The summed E-state index contributed by atoms with van der Waals surface area (Å²) in [5.41, 5.74) is 0.606. The van der Waals surface area contributed by atoms with Crippen LogP contribution in [0, 0.1) is 23.7 Å². The van der Waals surface area contributed by atoms with Crippen molar-refractivity contribution in [1.82, 2.24) is 5.01 Å². The number of hydrogen-bond acceptors (Lipinski definition) is 7. The Balaban J connectivity index is 1.54. The van der Waals surface area contributed by atoms with Gasteiger partial charge in [-0.05, 0) is 58.8 Å². The zero-order chi connectivity index (χ0) is 21.4. The molecule has 4 rings (SSSR count). The van der Waals surface area contributed by atoms with E-state index in [1.807, 2.05) is 19.1 Å². The summed E-state index contributed by atoms with van der Waals surface area (Å²) >= 11 is 3.41. The van der Waals surface area contributed by atoms with Gasteiger partial charge in [0.05, 0.1) is 36.2 Å². The van der Waals surface area contributed by atoms with Gasteiger partial charge in [0.25, 0.3) is 11.8 Å². The van der Waals surface area contributed by atoms with Crippen LogP contribution in [0.25, 0.3) is 0 Å². The third kappa shape index (κ3) is 3.51. The molecule has 8 nitrogen and oxygen atoms in total. The van der Waals surface area contributed by atoms with Crippen molar-refractivity contribution in [2.75, 3.05) is 20.3 Å². The molecule has 0 spiro atoms. The fourth-order valence-corrected chi connectivity index (χ4v) is 4.95. The first-order valence-corrected chi connectivity index (χ1v) is 10.5. The molecule has 1 saturated heterocycles. The maximum atomic E-state index is 12.7. The second-order valence-electron chi connectivity index (χ2n) is 7.36. The molecule has 0 unspecified atom stereocenters. The average Bonchev–Trinajstić information content (AvgIpc) is 3.40. The Morgan fingerprint density at radius 1 is 1.20 bits per heavy atom. The van der Waals surface area contributed by atoms with E-state index in [4.69, 9.17) is 9.47 Å². The van der Waals surface area contributed by atoms with Gasteiger partial charge in [0.15, 0.2) is 18.1 Å². The number of rotatable bonds is 7. The lowest BCUT2D eigenvalue weighted by Crippen LogP contribution is -2.28. The molecule has 2 fully saturated rings. The number of ether oxygens (including phenoxy) is 3. The Morgan fingerprint density at radius 2 is 1.87 bits per heavy atom. The molecule has 2 aliphatic carbocycles. The van der Waals surface area contributed by atoms with Gasteiger partial charge >= 0.3 is 5.97 Å². The standard InChI is InChI=1S/C21H21BrN2O6/c1-3-29-15-7-11(6-14(22)19(15)30-10-16(25)28-2)9-23-24-20(26)17-12-4-5-13(8-12)18(17)21(24)27/h4-7,9,12-13,17-18H,3,8,10H2,1-2H3/t12-,13-,17-,18+/m0/s1. The fraction of sp³-hybridized carbons (Fsp3) is 0.429. The van der Waals surface area contributed by atoms with Crippen LogP contribution in [0.3, 0.4) is 0 Å². The number of carbonyl (C=O) groups is 3. The van der Waals surface area contributed by atoms with E-state index in [0.29, 0.717) is 28.1 Å². The molecule has 158 valence electrons. The molecule has 0 radical (unpaired) electrons. The summed E-state index contributed by atoms with van der Waals surface area (Å²) in [5, 5.41) is 5.18. The van der Waals surface area contributed by atoms with Crippen molar-refractivity contribution >= 4 is 39.9 Å². The van der Waals surface area contributed by atoms with Crippen LogP contribution in [0.1, 0.15) is 18.9 Å².